The predicted octanol–water partition coefficient (Wildman–Crippen LogP) is 3.39. The van der Waals surface area contributed by atoms with Crippen LogP contribution in [0.15, 0.2) is 0 Å². The van der Waals surface area contributed by atoms with Crippen LogP contribution in [-0.4, -0.2) is 10.00 Å². The lowest BCUT2D eigenvalue weighted by Crippen LogP contribution is -2.06. The van der Waals surface area contributed by atoms with Crippen molar-refractivity contribution in [3.05, 3.63) is 6.92 Å². The minimum Gasteiger partial charge on any atom is -0.0908 e. The molecule has 0 aromatic heterocycles. The Kier molecular flexibility index (Phi) is 4.06. The van der Waals surface area contributed by atoms with Crippen molar-refractivity contribution in [3.8, 4) is 0 Å². The molecule has 0 N–H and O–H groups in total. The van der Waals surface area contributed by atoms with E-state index in [1.807, 2.05) is 21.6 Å². The van der Waals surface area contributed by atoms with Crippen molar-refractivity contribution in [2.24, 2.45) is 0 Å². The molecule has 9 heavy (non-hydrogen) atoms. The molecule has 0 amide bonds. The van der Waals surface area contributed by atoms with E-state index in [4.69, 9.17) is 0 Å². The van der Waals surface area contributed by atoms with Gasteiger partial charge in [-0.2, -0.15) is 0 Å². The Morgan fingerprint density at radius 2 is 1.78 bits per heavy atom. The maximum Gasteiger partial charge on any atom is 0.0208 e. The maximum atomic E-state index is 3.98. The fourth-order valence-corrected chi connectivity index (χ4v) is 2.04. The summed E-state index contributed by atoms with van der Waals surface area (Å²) in [6.07, 6.45) is 0. The van der Waals surface area contributed by atoms with Crippen molar-refractivity contribution < 1.29 is 0 Å². The molecule has 0 unspecified atom stereocenters. The lowest BCUT2D eigenvalue weighted by molar-refractivity contribution is 0.902. The van der Waals surface area contributed by atoms with E-state index in [2.05, 4.69) is 34.6 Å². The third-order valence-corrected chi connectivity index (χ3v) is 4.20. The minimum absolute atomic E-state index is 0.162. The quantitative estimate of drug-likeness (QED) is 0.585. The van der Waals surface area contributed by atoms with E-state index in [1.54, 1.807) is 0 Å². The van der Waals surface area contributed by atoms with Crippen LogP contribution >= 0.6 is 21.6 Å². The van der Waals surface area contributed by atoms with Crippen LogP contribution in [-0.2, 0) is 0 Å². The third-order valence-electron chi connectivity index (χ3n) is 0.466. The molecule has 0 aliphatic heterocycles. The summed E-state index contributed by atoms with van der Waals surface area (Å²) >= 11 is 0. The molecule has 0 aliphatic carbocycles. The van der Waals surface area contributed by atoms with E-state index in [1.165, 1.54) is 0 Å². The lowest BCUT2D eigenvalue weighted by atomic mass is 10.3. The molecule has 0 heterocycles. The number of hydrogen-bond donors (Lipinski definition) is 0. The molecule has 0 aromatic rings. The van der Waals surface area contributed by atoms with Gasteiger partial charge in [-0.05, 0) is 20.8 Å². The molecule has 2 heteroatoms. The molecule has 55 valence electrons. The fraction of sp³-hybridized carbons (Fsp3) is 0.857. The Morgan fingerprint density at radius 3 is 1.89 bits per heavy atom. The average Bonchev–Trinajstić information content (AvgIpc) is 1.59. The summed E-state index contributed by atoms with van der Waals surface area (Å²) in [5, 5.41) is 0.705. The Balaban J connectivity index is 3.28. The van der Waals surface area contributed by atoms with Gasteiger partial charge in [-0.25, -0.2) is 0 Å². The first-order valence-electron chi connectivity index (χ1n) is 3.11. The highest BCUT2D eigenvalue weighted by atomic mass is 33.1. The Labute approximate surface area is 66.6 Å². The highest BCUT2D eigenvalue weighted by molar-refractivity contribution is 8.77. The Bertz CT molecular complexity index is 71.5. The largest absolute Gasteiger partial charge is 0.0908 e. The van der Waals surface area contributed by atoms with Crippen LogP contribution in [0.25, 0.3) is 0 Å². The fourth-order valence-electron chi connectivity index (χ4n) is 0.226. The molecule has 0 atom stereocenters. The molecule has 0 fully saturated rings. The topological polar surface area (TPSA) is 0 Å². The van der Waals surface area contributed by atoms with Gasteiger partial charge in [-0.3, -0.25) is 0 Å². The van der Waals surface area contributed by atoms with Crippen molar-refractivity contribution in [2.75, 3.05) is 0 Å². The zero-order chi connectivity index (χ0) is 7.49. The first-order valence-corrected chi connectivity index (χ1v) is 5.33. The van der Waals surface area contributed by atoms with Gasteiger partial charge in [0.25, 0.3) is 0 Å². The smallest absolute Gasteiger partial charge is 0.0208 e. The van der Waals surface area contributed by atoms with Gasteiger partial charge in [0.15, 0.2) is 0 Å². The van der Waals surface area contributed by atoms with Gasteiger partial charge in [0, 0.05) is 10.00 Å². The van der Waals surface area contributed by atoms with Crippen LogP contribution in [0, 0.1) is 6.92 Å². The van der Waals surface area contributed by atoms with Gasteiger partial charge in [-0.1, -0.05) is 35.4 Å². The van der Waals surface area contributed by atoms with Crippen molar-refractivity contribution in [1.29, 1.82) is 0 Å². The standard InChI is InChI=1S/C7H15S2/c1-6(2)8-9-7(3,4)5/h6H,3H2,1-2,4-5H3. The molecule has 0 saturated heterocycles. The van der Waals surface area contributed by atoms with E-state index < -0.39 is 0 Å². The summed E-state index contributed by atoms with van der Waals surface area (Å²) in [6, 6.07) is 0. The molecule has 1 radical (unpaired) electrons. The van der Waals surface area contributed by atoms with Gasteiger partial charge in [0.2, 0.25) is 0 Å². The highest BCUT2D eigenvalue weighted by Crippen LogP contribution is 2.37. The van der Waals surface area contributed by atoms with E-state index in [-0.39, 0.29) is 4.75 Å². The van der Waals surface area contributed by atoms with Crippen LogP contribution in [0.2, 0.25) is 0 Å². The zero-order valence-electron chi connectivity index (χ0n) is 6.60. The summed E-state index contributed by atoms with van der Waals surface area (Å²) < 4.78 is 0.162. The van der Waals surface area contributed by atoms with Crippen molar-refractivity contribution in [3.63, 3.8) is 0 Å². The molecule has 0 bridgehead atoms. The molecular weight excluding hydrogens is 148 g/mol. The van der Waals surface area contributed by atoms with E-state index in [0.717, 1.165) is 0 Å². The van der Waals surface area contributed by atoms with Gasteiger partial charge >= 0.3 is 0 Å². The molecule has 0 saturated carbocycles. The second-order valence-electron chi connectivity index (χ2n) is 2.99. The van der Waals surface area contributed by atoms with E-state index in [9.17, 15) is 0 Å². The van der Waals surface area contributed by atoms with E-state index in [0.29, 0.717) is 5.25 Å². The first kappa shape index (κ1) is 9.70. The van der Waals surface area contributed by atoms with Gasteiger partial charge in [-0.15, -0.1) is 0 Å². The maximum absolute atomic E-state index is 3.98. The second kappa shape index (κ2) is 3.77. The summed E-state index contributed by atoms with van der Waals surface area (Å²) in [4.78, 5) is 0. The SMILES string of the molecule is [CH2]C(C)(C)SSC(C)C. The minimum atomic E-state index is 0.162. The molecule has 0 aliphatic rings. The first-order chi connectivity index (χ1) is 3.92. The van der Waals surface area contributed by atoms with Crippen LogP contribution in [0.3, 0.4) is 0 Å². The Hall–Kier alpha value is 0.700. The molecule has 0 spiro atoms. The zero-order valence-corrected chi connectivity index (χ0v) is 8.23. The van der Waals surface area contributed by atoms with Crippen LogP contribution in [0.1, 0.15) is 27.7 Å². The van der Waals surface area contributed by atoms with Crippen LogP contribution in [0.4, 0.5) is 0 Å². The van der Waals surface area contributed by atoms with Crippen molar-refractivity contribution in [1.82, 2.24) is 0 Å². The Morgan fingerprint density at radius 1 is 1.33 bits per heavy atom. The molecule has 0 nitrogen and oxygen atoms in total. The van der Waals surface area contributed by atoms with Gasteiger partial charge < -0.3 is 0 Å². The molecule has 0 aromatic carbocycles. The normalized spacial score (nSPS) is 12.7. The lowest BCUT2D eigenvalue weighted by Gasteiger charge is -2.17. The van der Waals surface area contributed by atoms with Crippen LogP contribution < -0.4 is 0 Å². The summed E-state index contributed by atoms with van der Waals surface area (Å²) in [7, 11) is 3.74. The predicted molar refractivity (Wildman–Crippen MR) is 49.8 cm³/mol. The number of rotatable bonds is 3. The average molecular weight is 163 g/mol. The summed E-state index contributed by atoms with van der Waals surface area (Å²) in [5.41, 5.74) is 0. The van der Waals surface area contributed by atoms with Crippen molar-refractivity contribution in [2.45, 2.75) is 37.7 Å². The molecule has 0 rings (SSSR count). The third kappa shape index (κ3) is 8.70. The van der Waals surface area contributed by atoms with Gasteiger partial charge in [0.1, 0.15) is 0 Å². The highest BCUT2D eigenvalue weighted by Gasteiger charge is 2.11. The van der Waals surface area contributed by atoms with Crippen molar-refractivity contribution >= 4 is 21.6 Å². The second-order valence-corrected chi connectivity index (χ2v) is 6.47. The molecular formula is C7H15S2. The monoisotopic (exact) mass is 163 g/mol. The van der Waals surface area contributed by atoms with Crippen LogP contribution in [0.5, 0.6) is 0 Å². The van der Waals surface area contributed by atoms with E-state index >= 15 is 0 Å². The summed E-state index contributed by atoms with van der Waals surface area (Å²) in [6.45, 7) is 12.6. The summed E-state index contributed by atoms with van der Waals surface area (Å²) in [5.74, 6) is 0. The van der Waals surface area contributed by atoms with Gasteiger partial charge in [0.05, 0.1) is 0 Å². The number of hydrogen-bond acceptors (Lipinski definition) is 2.